The Morgan fingerprint density at radius 3 is 1.94 bits per heavy atom. The van der Waals surface area contributed by atoms with Gasteiger partial charge < -0.3 is 9.30 Å². The van der Waals surface area contributed by atoms with Crippen LogP contribution in [0.3, 0.4) is 0 Å². The van der Waals surface area contributed by atoms with Crippen LogP contribution < -0.4 is 10.6 Å². The minimum absolute atomic E-state index is 0.197. The average Bonchev–Trinajstić information content (AvgIpc) is 2.84. The molecule has 0 aromatic heterocycles. The van der Waals surface area contributed by atoms with E-state index in [1.165, 1.54) is 6.08 Å². The van der Waals surface area contributed by atoms with Gasteiger partial charge in [0.25, 0.3) is 0 Å². The fraction of sp³-hybridized carbons (Fsp3) is 0.0741. The van der Waals surface area contributed by atoms with Crippen molar-refractivity contribution < 1.29 is 14.1 Å². The van der Waals surface area contributed by atoms with Crippen molar-refractivity contribution in [3.63, 3.8) is 0 Å². The quantitative estimate of drug-likeness (QED) is 0.311. The number of rotatable bonds is 6. The van der Waals surface area contributed by atoms with Gasteiger partial charge in [0.15, 0.2) is 7.14 Å². The first-order chi connectivity index (χ1) is 15.2. The van der Waals surface area contributed by atoms with Crippen molar-refractivity contribution in [3.05, 3.63) is 133 Å². The van der Waals surface area contributed by atoms with Gasteiger partial charge in [-0.05, 0) is 11.1 Å². The summed E-state index contributed by atoms with van der Waals surface area (Å²) in [6.45, 7) is 0.197. The molecule has 3 aromatic rings. The monoisotopic (exact) mass is 426 g/mol. The number of allylic oxidation sites excluding steroid dienone is 5. The smallest absolute Gasteiger partial charge is 0.331 e. The average molecular weight is 426 g/mol. The zero-order chi connectivity index (χ0) is 21.5. The van der Waals surface area contributed by atoms with Crippen molar-refractivity contribution >= 4 is 23.7 Å². The number of benzene rings is 3. The SMILES string of the molecule is O=C(C=C1C=CC=CC1P(=O)(c1ccccc1)c1ccccc1)OCc1ccccc1. The van der Waals surface area contributed by atoms with E-state index in [1.807, 2.05) is 115 Å². The van der Waals surface area contributed by atoms with Crippen molar-refractivity contribution in [3.8, 4) is 0 Å². The second-order valence-electron chi connectivity index (χ2n) is 7.26. The van der Waals surface area contributed by atoms with Gasteiger partial charge in [0.1, 0.15) is 6.61 Å². The lowest BCUT2D eigenvalue weighted by Gasteiger charge is -2.28. The van der Waals surface area contributed by atoms with Crippen LogP contribution in [0.25, 0.3) is 0 Å². The molecule has 0 spiro atoms. The lowest BCUT2D eigenvalue weighted by Crippen LogP contribution is -2.27. The van der Waals surface area contributed by atoms with Crippen LogP contribution in [0.1, 0.15) is 5.56 Å². The summed E-state index contributed by atoms with van der Waals surface area (Å²) in [5, 5.41) is 1.52. The van der Waals surface area contributed by atoms with Crippen LogP contribution in [0.5, 0.6) is 0 Å². The lowest BCUT2D eigenvalue weighted by atomic mass is 10.1. The highest BCUT2D eigenvalue weighted by Crippen LogP contribution is 2.52. The molecule has 0 bridgehead atoms. The molecule has 0 radical (unpaired) electrons. The van der Waals surface area contributed by atoms with Crippen LogP contribution in [0, 0.1) is 0 Å². The maximum Gasteiger partial charge on any atom is 0.331 e. The van der Waals surface area contributed by atoms with E-state index in [0.717, 1.165) is 16.2 Å². The maximum absolute atomic E-state index is 14.7. The van der Waals surface area contributed by atoms with Crippen LogP contribution in [0.15, 0.2) is 127 Å². The number of ether oxygens (including phenoxy) is 1. The van der Waals surface area contributed by atoms with Crippen LogP contribution in [-0.4, -0.2) is 11.6 Å². The fourth-order valence-corrected chi connectivity index (χ4v) is 6.78. The molecule has 1 aliphatic rings. The number of hydrogen-bond donors (Lipinski definition) is 0. The Morgan fingerprint density at radius 1 is 0.806 bits per heavy atom. The number of carbonyl (C=O) groups is 1. The predicted molar refractivity (Wildman–Crippen MR) is 126 cm³/mol. The highest BCUT2D eigenvalue weighted by atomic mass is 31.2. The van der Waals surface area contributed by atoms with Gasteiger partial charge in [-0.3, -0.25) is 0 Å². The van der Waals surface area contributed by atoms with Gasteiger partial charge in [-0.25, -0.2) is 4.79 Å². The summed E-state index contributed by atoms with van der Waals surface area (Å²) in [6.07, 6.45) is 8.96. The molecule has 0 aliphatic heterocycles. The third-order valence-electron chi connectivity index (χ3n) is 5.21. The van der Waals surface area contributed by atoms with Gasteiger partial charge in [-0.1, -0.05) is 115 Å². The Bertz CT molecular complexity index is 1120. The summed E-state index contributed by atoms with van der Waals surface area (Å²) in [4.78, 5) is 12.6. The molecule has 0 saturated heterocycles. The standard InChI is InChI=1S/C27H23O3P/c28-27(30-21-22-12-4-1-5-13-22)20-23-14-10-11-19-26(23)31(29,24-15-6-2-7-16-24)25-17-8-3-9-18-25/h1-20,26H,21H2. The topological polar surface area (TPSA) is 43.4 Å². The van der Waals surface area contributed by atoms with E-state index in [2.05, 4.69) is 0 Å². The number of carbonyl (C=O) groups excluding carboxylic acids is 1. The minimum Gasteiger partial charge on any atom is -0.458 e. The minimum atomic E-state index is -3.10. The second kappa shape index (κ2) is 9.59. The van der Waals surface area contributed by atoms with Gasteiger partial charge in [0, 0.05) is 16.7 Å². The molecule has 0 heterocycles. The first-order valence-electron chi connectivity index (χ1n) is 10.2. The molecule has 154 valence electrons. The highest BCUT2D eigenvalue weighted by Gasteiger charge is 2.37. The molecule has 0 saturated carbocycles. The summed E-state index contributed by atoms with van der Waals surface area (Å²) >= 11 is 0. The largest absolute Gasteiger partial charge is 0.458 e. The van der Waals surface area contributed by atoms with Crippen molar-refractivity contribution in [1.82, 2.24) is 0 Å². The molecule has 1 atom stereocenters. The van der Waals surface area contributed by atoms with Gasteiger partial charge in [-0.2, -0.15) is 0 Å². The molecule has 3 aromatic carbocycles. The molecule has 3 nitrogen and oxygen atoms in total. The molecule has 4 heteroatoms. The summed E-state index contributed by atoms with van der Waals surface area (Å²) in [5.41, 5.74) is 1.15. The normalized spacial score (nSPS) is 16.9. The van der Waals surface area contributed by atoms with E-state index in [0.29, 0.717) is 5.57 Å². The first-order valence-corrected chi connectivity index (χ1v) is 11.9. The molecule has 31 heavy (non-hydrogen) atoms. The molecule has 4 rings (SSSR count). The molecule has 0 amide bonds. The van der Waals surface area contributed by atoms with E-state index in [1.54, 1.807) is 0 Å². The zero-order valence-corrected chi connectivity index (χ0v) is 17.9. The van der Waals surface area contributed by atoms with Gasteiger partial charge in [0.2, 0.25) is 0 Å². The van der Waals surface area contributed by atoms with Crippen molar-refractivity contribution in [2.75, 3.05) is 0 Å². The Balaban J connectivity index is 1.68. The lowest BCUT2D eigenvalue weighted by molar-refractivity contribution is -0.139. The zero-order valence-electron chi connectivity index (χ0n) is 17.0. The second-order valence-corrected chi connectivity index (χ2v) is 10.2. The Labute approximate surface area is 182 Å². The molecule has 0 fully saturated rings. The van der Waals surface area contributed by atoms with Gasteiger partial charge in [0.05, 0.1) is 5.66 Å². The third-order valence-corrected chi connectivity index (χ3v) is 8.60. The Hall–Kier alpha value is -3.42. The molecule has 0 N–H and O–H groups in total. The first kappa shape index (κ1) is 20.8. The van der Waals surface area contributed by atoms with Crippen LogP contribution in [0.2, 0.25) is 0 Å². The molecule has 1 aliphatic carbocycles. The Morgan fingerprint density at radius 2 is 1.35 bits per heavy atom. The van der Waals surface area contributed by atoms with Crippen molar-refractivity contribution in [2.24, 2.45) is 0 Å². The van der Waals surface area contributed by atoms with Crippen molar-refractivity contribution in [2.45, 2.75) is 12.3 Å². The van der Waals surface area contributed by atoms with Crippen LogP contribution in [0.4, 0.5) is 0 Å². The van der Waals surface area contributed by atoms with E-state index in [-0.39, 0.29) is 6.61 Å². The summed E-state index contributed by atoms with van der Waals surface area (Å²) in [7, 11) is -3.10. The van der Waals surface area contributed by atoms with E-state index in [9.17, 15) is 9.36 Å². The predicted octanol–water partition coefficient (Wildman–Crippen LogP) is 5.16. The summed E-state index contributed by atoms with van der Waals surface area (Å²) < 4.78 is 20.1. The highest BCUT2D eigenvalue weighted by molar-refractivity contribution is 7.79. The van der Waals surface area contributed by atoms with Gasteiger partial charge in [-0.15, -0.1) is 0 Å². The van der Waals surface area contributed by atoms with E-state index in [4.69, 9.17) is 4.74 Å². The summed E-state index contributed by atoms with van der Waals surface area (Å²) in [5.74, 6) is -0.448. The third kappa shape index (κ3) is 4.68. The maximum atomic E-state index is 14.7. The van der Waals surface area contributed by atoms with Crippen LogP contribution >= 0.6 is 7.14 Å². The van der Waals surface area contributed by atoms with Gasteiger partial charge >= 0.3 is 5.97 Å². The molecular weight excluding hydrogens is 403 g/mol. The number of hydrogen-bond acceptors (Lipinski definition) is 3. The summed E-state index contributed by atoms with van der Waals surface area (Å²) in [6, 6.07) is 28.5. The molecular formula is C27H23O3P. The van der Waals surface area contributed by atoms with Crippen molar-refractivity contribution in [1.29, 1.82) is 0 Å². The van der Waals surface area contributed by atoms with E-state index < -0.39 is 18.8 Å². The van der Waals surface area contributed by atoms with Crippen LogP contribution in [-0.2, 0) is 20.7 Å². The molecule has 1 unspecified atom stereocenters. The fourth-order valence-electron chi connectivity index (χ4n) is 3.69. The Kier molecular flexibility index (Phi) is 6.45. The van der Waals surface area contributed by atoms with E-state index >= 15 is 0 Å². The number of esters is 1.